The molecule has 21 heavy (non-hydrogen) atoms. The molecule has 0 radical (unpaired) electrons. The molecule has 1 aromatic carbocycles. The highest BCUT2D eigenvalue weighted by molar-refractivity contribution is 5.33. The molecule has 0 aliphatic heterocycles. The van der Waals surface area contributed by atoms with Gasteiger partial charge in [-0.1, -0.05) is 30.7 Å². The summed E-state index contributed by atoms with van der Waals surface area (Å²) in [4.78, 5) is 4.42. The Hall–Kier alpha value is -1.68. The number of hydrogen-bond donors (Lipinski definition) is 1. The molecule has 2 aromatic rings. The van der Waals surface area contributed by atoms with E-state index in [-0.39, 0.29) is 0 Å². The molecule has 1 N–H and O–H groups in total. The van der Waals surface area contributed by atoms with E-state index in [1.807, 2.05) is 4.68 Å². The van der Waals surface area contributed by atoms with Crippen LogP contribution < -0.4 is 5.32 Å². The molecule has 4 nitrogen and oxygen atoms in total. The van der Waals surface area contributed by atoms with Gasteiger partial charge in [0.1, 0.15) is 12.2 Å². The van der Waals surface area contributed by atoms with Crippen LogP contribution in [-0.2, 0) is 13.0 Å². The van der Waals surface area contributed by atoms with Gasteiger partial charge in [-0.05, 0) is 44.9 Å². The number of nitrogens with one attached hydrogen (secondary N) is 1. The maximum absolute atomic E-state index is 4.42. The predicted octanol–water partition coefficient (Wildman–Crippen LogP) is 3.20. The summed E-state index contributed by atoms with van der Waals surface area (Å²) in [6, 6.07) is 6.95. The zero-order chi connectivity index (χ0) is 15.2. The van der Waals surface area contributed by atoms with Crippen LogP contribution in [0, 0.1) is 13.8 Å². The Labute approximate surface area is 127 Å². The van der Waals surface area contributed by atoms with Crippen molar-refractivity contribution in [3.05, 3.63) is 47.0 Å². The van der Waals surface area contributed by atoms with E-state index in [1.165, 1.54) is 16.7 Å². The summed E-state index contributed by atoms with van der Waals surface area (Å²) in [6.07, 6.45) is 3.65. The average molecular weight is 286 g/mol. The fraction of sp³-hybridized carbons (Fsp3) is 0.529. The van der Waals surface area contributed by atoms with Gasteiger partial charge in [0.25, 0.3) is 0 Å². The minimum atomic E-state index is 0.291. The van der Waals surface area contributed by atoms with Crippen LogP contribution in [0.15, 0.2) is 24.5 Å². The minimum Gasteiger partial charge on any atom is -0.310 e. The molecule has 0 bridgehead atoms. The summed E-state index contributed by atoms with van der Waals surface area (Å²) < 4.78 is 1.98. The number of aryl methyl sites for hydroxylation is 3. The van der Waals surface area contributed by atoms with Gasteiger partial charge in [0.15, 0.2) is 0 Å². The second-order valence-corrected chi connectivity index (χ2v) is 5.56. The van der Waals surface area contributed by atoms with E-state index >= 15 is 0 Å². The number of hydrogen-bond acceptors (Lipinski definition) is 3. The summed E-state index contributed by atoms with van der Waals surface area (Å²) >= 11 is 0. The highest BCUT2D eigenvalue weighted by Gasteiger charge is 2.17. The van der Waals surface area contributed by atoms with E-state index in [0.29, 0.717) is 6.04 Å². The van der Waals surface area contributed by atoms with Crippen LogP contribution in [0.4, 0.5) is 0 Å². The number of aromatic nitrogens is 3. The van der Waals surface area contributed by atoms with Gasteiger partial charge in [0, 0.05) is 19.0 Å². The minimum absolute atomic E-state index is 0.291. The summed E-state index contributed by atoms with van der Waals surface area (Å²) in [6.45, 7) is 10.5. The van der Waals surface area contributed by atoms with Gasteiger partial charge in [-0.3, -0.25) is 4.68 Å². The molecule has 114 valence electrons. The van der Waals surface area contributed by atoms with Crippen molar-refractivity contribution in [1.29, 1.82) is 0 Å². The second kappa shape index (κ2) is 7.36. The zero-order valence-electron chi connectivity index (χ0n) is 13.6. The smallest absolute Gasteiger partial charge is 0.138 e. The SMILES string of the molecule is CCCNC(Cc1ncnn1CC)c1cc(C)ccc1C. The Morgan fingerprint density at radius 1 is 1.24 bits per heavy atom. The lowest BCUT2D eigenvalue weighted by molar-refractivity contribution is 0.495. The first kappa shape index (κ1) is 15.7. The van der Waals surface area contributed by atoms with E-state index in [1.54, 1.807) is 6.33 Å². The summed E-state index contributed by atoms with van der Waals surface area (Å²) in [5.74, 6) is 1.05. The van der Waals surface area contributed by atoms with Crippen LogP contribution >= 0.6 is 0 Å². The topological polar surface area (TPSA) is 42.7 Å². The van der Waals surface area contributed by atoms with Gasteiger partial charge < -0.3 is 5.32 Å². The third kappa shape index (κ3) is 3.91. The number of benzene rings is 1. The van der Waals surface area contributed by atoms with Crippen molar-refractivity contribution in [2.24, 2.45) is 0 Å². The van der Waals surface area contributed by atoms with E-state index in [2.05, 4.69) is 61.3 Å². The third-order valence-corrected chi connectivity index (χ3v) is 3.83. The zero-order valence-corrected chi connectivity index (χ0v) is 13.6. The number of nitrogens with zero attached hydrogens (tertiary/aromatic N) is 3. The van der Waals surface area contributed by atoms with Gasteiger partial charge in [-0.25, -0.2) is 4.98 Å². The van der Waals surface area contributed by atoms with Crippen molar-refractivity contribution >= 4 is 0 Å². The van der Waals surface area contributed by atoms with Crippen LogP contribution in [0.5, 0.6) is 0 Å². The molecule has 1 atom stereocenters. The van der Waals surface area contributed by atoms with Crippen molar-refractivity contribution in [3.63, 3.8) is 0 Å². The quantitative estimate of drug-likeness (QED) is 0.850. The Morgan fingerprint density at radius 3 is 2.76 bits per heavy atom. The maximum atomic E-state index is 4.42. The van der Waals surface area contributed by atoms with E-state index in [0.717, 1.165) is 31.8 Å². The number of rotatable bonds is 7. The largest absolute Gasteiger partial charge is 0.310 e. The lowest BCUT2D eigenvalue weighted by atomic mass is 9.96. The molecule has 1 heterocycles. The molecule has 0 fully saturated rings. The summed E-state index contributed by atoms with van der Waals surface area (Å²) in [5, 5.41) is 7.94. The molecule has 0 saturated carbocycles. The lowest BCUT2D eigenvalue weighted by Crippen LogP contribution is -2.26. The second-order valence-electron chi connectivity index (χ2n) is 5.56. The van der Waals surface area contributed by atoms with Crippen molar-refractivity contribution in [1.82, 2.24) is 20.1 Å². The lowest BCUT2D eigenvalue weighted by Gasteiger charge is -2.21. The summed E-state index contributed by atoms with van der Waals surface area (Å²) in [5.41, 5.74) is 4.00. The first-order valence-corrected chi connectivity index (χ1v) is 7.82. The Balaban J connectivity index is 2.27. The molecule has 0 saturated heterocycles. The van der Waals surface area contributed by atoms with Crippen molar-refractivity contribution in [3.8, 4) is 0 Å². The molecule has 4 heteroatoms. The normalized spacial score (nSPS) is 12.6. The van der Waals surface area contributed by atoms with Crippen molar-refractivity contribution in [2.75, 3.05) is 6.54 Å². The van der Waals surface area contributed by atoms with E-state index in [9.17, 15) is 0 Å². The first-order chi connectivity index (χ1) is 10.2. The van der Waals surface area contributed by atoms with Gasteiger partial charge in [0.2, 0.25) is 0 Å². The molecule has 0 aliphatic carbocycles. The molecule has 0 aliphatic rings. The Kier molecular flexibility index (Phi) is 5.51. The molecule has 1 aromatic heterocycles. The fourth-order valence-electron chi connectivity index (χ4n) is 2.64. The van der Waals surface area contributed by atoms with Crippen LogP contribution in [0.25, 0.3) is 0 Å². The van der Waals surface area contributed by atoms with Crippen LogP contribution in [-0.4, -0.2) is 21.3 Å². The van der Waals surface area contributed by atoms with Gasteiger partial charge in [-0.15, -0.1) is 0 Å². The molecule has 0 amide bonds. The van der Waals surface area contributed by atoms with Crippen LogP contribution in [0.1, 0.15) is 48.8 Å². The Bertz CT molecular complexity index is 574. The van der Waals surface area contributed by atoms with Gasteiger partial charge in [0.05, 0.1) is 0 Å². The molecule has 2 rings (SSSR count). The van der Waals surface area contributed by atoms with Crippen LogP contribution in [0.2, 0.25) is 0 Å². The predicted molar refractivity (Wildman–Crippen MR) is 86.4 cm³/mol. The monoisotopic (exact) mass is 286 g/mol. The fourth-order valence-corrected chi connectivity index (χ4v) is 2.64. The maximum Gasteiger partial charge on any atom is 0.138 e. The standard InChI is InChI=1S/C17H26N4/c1-5-9-18-16(11-17-19-12-20-21(17)6-2)15-10-13(3)7-8-14(15)4/h7-8,10,12,16,18H,5-6,9,11H2,1-4H3. The molecule has 0 spiro atoms. The van der Waals surface area contributed by atoms with Crippen LogP contribution in [0.3, 0.4) is 0 Å². The average Bonchev–Trinajstić information content (AvgIpc) is 2.93. The molecular weight excluding hydrogens is 260 g/mol. The van der Waals surface area contributed by atoms with Gasteiger partial charge in [-0.2, -0.15) is 5.10 Å². The summed E-state index contributed by atoms with van der Waals surface area (Å²) in [7, 11) is 0. The van der Waals surface area contributed by atoms with E-state index < -0.39 is 0 Å². The third-order valence-electron chi connectivity index (χ3n) is 3.83. The van der Waals surface area contributed by atoms with Gasteiger partial charge >= 0.3 is 0 Å². The van der Waals surface area contributed by atoms with E-state index in [4.69, 9.17) is 0 Å². The highest BCUT2D eigenvalue weighted by atomic mass is 15.3. The Morgan fingerprint density at radius 2 is 2.05 bits per heavy atom. The van der Waals surface area contributed by atoms with Crippen molar-refractivity contribution < 1.29 is 0 Å². The highest BCUT2D eigenvalue weighted by Crippen LogP contribution is 2.22. The van der Waals surface area contributed by atoms with Crippen molar-refractivity contribution in [2.45, 2.75) is 53.1 Å². The molecular formula is C17H26N4. The first-order valence-electron chi connectivity index (χ1n) is 7.82. The molecule has 1 unspecified atom stereocenters.